The van der Waals surface area contributed by atoms with Gasteiger partial charge in [0.25, 0.3) is 0 Å². The van der Waals surface area contributed by atoms with E-state index in [1.165, 1.54) is 0 Å². The Morgan fingerprint density at radius 2 is 1.65 bits per heavy atom. The van der Waals surface area contributed by atoms with Gasteiger partial charge in [0.1, 0.15) is 18.6 Å². The van der Waals surface area contributed by atoms with Gasteiger partial charge in [0.15, 0.2) is 0 Å². The maximum Gasteiger partial charge on any atom is 0.407 e. The molecule has 2 aromatic carbocycles. The molecule has 1 saturated heterocycles. The molecular weight excluding hydrogens is 438 g/mol. The maximum absolute atomic E-state index is 12.6. The number of amides is 3. The average molecular weight is 463 g/mol. The topological polar surface area (TPSA) is 134 Å². The standard InChI is InChI=1S/C25H25N3O6/c29-20(27-21-18(23(31)32)12-26-22(21)30)11-25(9-10-25)28-24(33)34-13-19-16-7-3-1-5-14(16)15-6-2-4-8-17(15)19/h1-8,18-19,21H,9-13H2,(H,26,30)(H,27,29)(H,28,33)(H,31,32). The summed E-state index contributed by atoms with van der Waals surface area (Å²) in [6, 6.07) is 15.0. The third-order valence-electron chi connectivity index (χ3n) is 6.88. The van der Waals surface area contributed by atoms with Gasteiger partial charge in [-0.05, 0) is 35.1 Å². The average Bonchev–Trinajstić information content (AvgIpc) is 3.34. The van der Waals surface area contributed by atoms with Crippen LogP contribution < -0.4 is 16.0 Å². The molecule has 2 unspecified atom stereocenters. The van der Waals surface area contributed by atoms with Crippen LogP contribution in [0.15, 0.2) is 48.5 Å². The lowest BCUT2D eigenvalue weighted by Gasteiger charge is -2.20. The third kappa shape index (κ3) is 4.09. The molecule has 0 bridgehead atoms. The smallest absolute Gasteiger partial charge is 0.407 e. The molecule has 2 atom stereocenters. The van der Waals surface area contributed by atoms with Gasteiger partial charge in [0.2, 0.25) is 11.8 Å². The number of fused-ring (bicyclic) bond motifs is 3. The van der Waals surface area contributed by atoms with E-state index in [-0.39, 0.29) is 25.5 Å². The van der Waals surface area contributed by atoms with Gasteiger partial charge >= 0.3 is 12.1 Å². The summed E-state index contributed by atoms with van der Waals surface area (Å²) >= 11 is 0. The number of carboxylic acids is 1. The fourth-order valence-electron chi connectivity index (χ4n) is 4.90. The molecule has 3 amide bonds. The number of benzene rings is 2. The monoisotopic (exact) mass is 463 g/mol. The van der Waals surface area contributed by atoms with Crippen LogP contribution >= 0.6 is 0 Å². The molecular formula is C25H25N3O6. The van der Waals surface area contributed by atoms with Crippen LogP contribution in [-0.2, 0) is 19.1 Å². The first kappa shape index (κ1) is 21.9. The van der Waals surface area contributed by atoms with E-state index in [2.05, 4.69) is 28.1 Å². The molecule has 4 N–H and O–H groups in total. The highest BCUT2D eigenvalue weighted by Gasteiger charge is 2.48. The molecule has 9 nitrogen and oxygen atoms in total. The highest BCUT2D eigenvalue weighted by atomic mass is 16.5. The van der Waals surface area contributed by atoms with Crippen LogP contribution in [0.25, 0.3) is 11.1 Å². The minimum atomic E-state index is -1.15. The number of hydrogen-bond acceptors (Lipinski definition) is 5. The molecule has 2 fully saturated rings. The van der Waals surface area contributed by atoms with E-state index in [0.29, 0.717) is 12.8 Å². The minimum absolute atomic E-state index is 0.0255. The van der Waals surface area contributed by atoms with Crippen LogP contribution in [0.3, 0.4) is 0 Å². The molecule has 2 aliphatic carbocycles. The van der Waals surface area contributed by atoms with Gasteiger partial charge in [0.05, 0.1) is 5.54 Å². The van der Waals surface area contributed by atoms with Crippen molar-refractivity contribution in [3.05, 3.63) is 59.7 Å². The Bertz CT molecular complexity index is 1130. The first-order valence-electron chi connectivity index (χ1n) is 11.3. The largest absolute Gasteiger partial charge is 0.481 e. The number of carbonyl (C=O) groups is 4. The van der Waals surface area contributed by atoms with Gasteiger partial charge in [-0.15, -0.1) is 0 Å². The molecule has 0 radical (unpaired) electrons. The number of hydrogen-bond donors (Lipinski definition) is 4. The van der Waals surface area contributed by atoms with Crippen molar-refractivity contribution in [2.24, 2.45) is 5.92 Å². The highest BCUT2D eigenvalue weighted by molar-refractivity contribution is 5.94. The molecule has 3 aliphatic rings. The van der Waals surface area contributed by atoms with Crippen molar-refractivity contribution in [1.29, 1.82) is 0 Å². The lowest BCUT2D eigenvalue weighted by atomic mass is 9.98. The van der Waals surface area contributed by atoms with E-state index in [9.17, 15) is 24.3 Å². The number of aliphatic carboxylic acids is 1. The van der Waals surface area contributed by atoms with Crippen LogP contribution in [0.5, 0.6) is 0 Å². The Morgan fingerprint density at radius 3 is 2.24 bits per heavy atom. The van der Waals surface area contributed by atoms with Crippen LogP contribution in [-0.4, -0.2) is 53.7 Å². The molecule has 0 aromatic heterocycles. The molecule has 1 saturated carbocycles. The number of alkyl carbamates (subject to hydrolysis) is 1. The van der Waals surface area contributed by atoms with Gasteiger partial charge in [-0.1, -0.05) is 48.5 Å². The normalized spacial score (nSPS) is 21.7. The van der Waals surface area contributed by atoms with Crippen molar-refractivity contribution in [3.63, 3.8) is 0 Å². The van der Waals surface area contributed by atoms with Crippen molar-refractivity contribution >= 4 is 23.9 Å². The Hall–Kier alpha value is -3.88. The number of carbonyl (C=O) groups excluding carboxylic acids is 3. The Balaban J connectivity index is 1.17. The van der Waals surface area contributed by atoms with Gasteiger partial charge in [-0.25, -0.2) is 4.79 Å². The second-order valence-electron chi connectivity index (χ2n) is 9.14. The zero-order chi connectivity index (χ0) is 23.9. The van der Waals surface area contributed by atoms with Crippen LogP contribution in [0.2, 0.25) is 0 Å². The van der Waals surface area contributed by atoms with E-state index in [0.717, 1.165) is 22.3 Å². The zero-order valence-corrected chi connectivity index (χ0v) is 18.4. The molecule has 1 aliphatic heterocycles. The molecule has 9 heteroatoms. The fraction of sp³-hybridized carbons (Fsp3) is 0.360. The number of ether oxygens (including phenoxy) is 1. The predicted octanol–water partition coefficient (Wildman–Crippen LogP) is 1.76. The SMILES string of the molecule is O=C(CC1(NC(=O)OCC2c3ccccc3-c3ccccc32)CC1)NC1C(=O)NCC1C(=O)O. The molecule has 1 heterocycles. The van der Waals surface area contributed by atoms with Crippen LogP contribution in [0, 0.1) is 5.92 Å². The first-order chi connectivity index (χ1) is 16.4. The third-order valence-corrected chi connectivity index (χ3v) is 6.88. The van der Waals surface area contributed by atoms with E-state index >= 15 is 0 Å². The molecule has 0 spiro atoms. The summed E-state index contributed by atoms with van der Waals surface area (Å²) in [6.07, 6.45) is 0.551. The van der Waals surface area contributed by atoms with E-state index in [4.69, 9.17) is 4.74 Å². The highest BCUT2D eigenvalue weighted by Crippen LogP contribution is 2.44. The predicted molar refractivity (Wildman–Crippen MR) is 121 cm³/mol. The van der Waals surface area contributed by atoms with Crippen molar-refractivity contribution in [2.45, 2.75) is 36.8 Å². The summed E-state index contributed by atoms with van der Waals surface area (Å²) in [5.74, 6) is -3.23. The molecule has 176 valence electrons. The second kappa shape index (κ2) is 8.48. The van der Waals surface area contributed by atoms with Crippen molar-refractivity contribution in [2.75, 3.05) is 13.2 Å². The first-order valence-corrected chi connectivity index (χ1v) is 11.3. The van der Waals surface area contributed by atoms with Gasteiger partial charge in [0, 0.05) is 18.9 Å². The quantitative estimate of drug-likeness (QED) is 0.495. The van der Waals surface area contributed by atoms with Gasteiger partial charge < -0.3 is 25.8 Å². The van der Waals surface area contributed by atoms with E-state index in [1.54, 1.807) is 0 Å². The summed E-state index contributed by atoms with van der Waals surface area (Å²) in [5.41, 5.74) is 3.76. The van der Waals surface area contributed by atoms with Gasteiger partial charge in [-0.2, -0.15) is 0 Å². The summed E-state index contributed by atoms with van der Waals surface area (Å²) in [6.45, 7) is 0.146. The van der Waals surface area contributed by atoms with Crippen molar-refractivity contribution in [1.82, 2.24) is 16.0 Å². The molecule has 5 rings (SSSR count). The number of rotatable bonds is 7. The number of nitrogens with one attached hydrogen (secondary N) is 3. The van der Waals surface area contributed by atoms with E-state index in [1.807, 2.05) is 36.4 Å². The Kier molecular flexibility index (Phi) is 5.47. The lowest BCUT2D eigenvalue weighted by molar-refractivity contribution is -0.143. The minimum Gasteiger partial charge on any atom is -0.481 e. The van der Waals surface area contributed by atoms with E-state index < -0.39 is 41.4 Å². The van der Waals surface area contributed by atoms with Crippen molar-refractivity contribution in [3.8, 4) is 11.1 Å². The zero-order valence-electron chi connectivity index (χ0n) is 18.4. The van der Waals surface area contributed by atoms with Crippen LogP contribution in [0.1, 0.15) is 36.3 Å². The number of carboxylic acid groups (broad SMARTS) is 1. The summed E-state index contributed by atoms with van der Waals surface area (Å²) < 4.78 is 5.57. The van der Waals surface area contributed by atoms with Gasteiger partial charge in [-0.3, -0.25) is 14.4 Å². The van der Waals surface area contributed by atoms with Crippen molar-refractivity contribution < 1.29 is 29.0 Å². The summed E-state index contributed by atoms with van der Waals surface area (Å²) in [4.78, 5) is 48.3. The van der Waals surface area contributed by atoms with Crippen LogP contribution in [0.4, 0.5) is 4.79 Å². The Labute approximate surface area is 195 Å². The second-order valence-corrected chi connectivity index (χ2v) is 9.14. The maximum atomic E-state index is 12.6. The lowest BCUT2D eigenvalue weighted by Crippen LogP contribution is -2.48. The molecule has 34 heavy (non-hydrogen) atoms. The summed E-state index contributed by atoms with van der Waals surface area (Å²) in [7, 11) is 0. The fourth-order valence-corrected chi connectivity index (χ4v) is 4.90. The summed E-state index contributed by atoms with van der Waals surface area (Å²) in [5, 5.41) is 17.0. The Morgan fingerprint density at radius 1 is 1.03 bits per heavy atom. The molecule has 2 aromatic rings.